The van der Waals surface area contributed by atoms with E-state index in [4.69, 9.17) is 0 Å². The van der Waals surface area contributed by atoms with Crippen LogP contribution in [0, 0.1) is 5.41 Å². The van der Waals surface area contributed by atoms with E-state index in [-0.39, 0.29) is 5.91 Å². The van der Waals surface area contributed by atoms with E-state index in [0.29, 0.717) is 18.0 Å². The van der Waals surface area contributed by atoms with Crippen molar-refractivity contribution in [1.29, 1.82) is 0 Å². The minimum Gasteiger partial charge on any atom is -0.342 e. The molecule has 1 aliphatic rings. The predicted octanol–water partition coefficient (Wildman–Crippen LogP) is 2.02. The van der Waals surface area contributed by atoms with Crippen molar-refractivity contribution in [3.05, 3.63) is 0 Å². The minimum atomic E-state index is 0.229. The normalized spacial score (nSPS) is 23.4. The van der Waals surface area contributed by atoms with Crippen molar-refractivity contribution in [1.82, 2.24) is 10.2 Å². The van der Waals surface area contributed by atoms with E-state index >= 15 is 0 Å². The van der Waals surface area contributed by atoms with Gasteiger partial charge in [-0.3, -0.25) is 4.79 Å². The zero-order chi connectivity index (χ0) is 12.2. The fourth-order valence-electron chi connectivity index (χ4n) is 2.60. The first kappa shape index (κ1) is 13.5. The Morgan fingerprint density at radius 2 is 2.00 bits per heavy atom. The van der Waals surface area contributed by atoms with Gasteiger partial charge in [0.2, 0.25) is 5.91 Å². The van der Waals surface area contributed by atoms with Gasteiger partial charge in [-0.2, -0.15) is 0 Å². The maximum Gasteiger partial charge on any atom is 0.236 e. The second kappa shape index (κ2) is 5.67. The molecule has 0 aromatic heterocycles. The highest BCUT2D eigenvalue weighted by atomic mass is 16.2. The number of likely N-dealkylation sites (N-methyl/N-ethyl adjacent to an activating group) is 1. The molecule has 1 amide bonds. The Bertz CT molecular complexity index is 234. The minimum absolute atomic E-state index is 0.229. The molecule has 0 aromatic carbocycles. The van der Waals surface area contributed by atoms with E-state index in [1.165, 1.54) is 19.3 Å². The van der Waals surface area contributed by atoms with Gasteiger partial charge >= 0.3 is 0 Å². The lowest BCUT2D eigenvalue weighted by Crippen LogP contribution is -2.45. The molecule has 0 bridgehead atoms. The molecule has 1 aliphatic carbocycles. The Morgan fingerprint density at radius 1 is 1.38 bits per heavy atom. The molecule has 1 rings (SSSR count). The number of nitrogens with zero attached hydrogens (tertiary/aromatic N) is 1. The first-order valence-corrected chi connectivity index (χ1v) is 6.52. The highest BCUT2D eigenvalue weighted by molar-refractivity contribution is 5.78. The summed E-state index contributed by atoms with van der Waals surface area (Å²) in [4.78, 5) is 13.7. The van der Waals surface area contributed by atoms with Gasteiger partial charge in [0.15, 0.2) is 0 Å². The van der Waals surface area contributed by atoms with Crippen LogP contribution in [0.25, 0.3) is 0 Å². The molecule has 0 saturated heterocycles. The van der Waals surface area contributed by atoms with Gasteiger partial charge in [-0.25, -0.2) is 0 Å². The number of rotatable bonds is 5. The van der Waals surface area contributed by atoms with Crippen LogP contribution in [-0.2, 0) is 4.79 Å². The highest BCUT2D eigenvalue weighted by Crippen LogP contribution is 2.36. The van der Waals surface area contributed by atoms with E-state index in [2.05, 4.69) is 19.2 Å². The fourth-order valence-corrected chi connectivity index (χ4v) is 2.60. The zero-order valence-corrected chi connectivity index (χ0v) is 11.2. The number of amides is 1. The van der Waals surface area contributed by atoms with Crippen molar-refractivity contribution < 1.29 is 4.79 Å². The van der Waals surface area contributed by atoms with Crippen LogP contribution in [0.15, 0.2) is 0 Å². The average molecular weight is 226 g/mol. The zero-order valence-electron chi connectivity index (χ0n) is 11.2. The molecular formula is C13H26N2O. The Labute approximate surface area is 99.6 Å². The lowest BCUT2D eigenvalue weighted by molar-refractivity contribution is -0.130. The third kappa shape index (κ3) is 3.21. The molecule has 16 heavy (non-hydrogen) atoms. The lowest BCUT2D eigenvalue weighted by atomic mass is 9.87. The largest absolute Gasteiger partial charge is 0.342 e. The Kier molecular flexibility index (Phi) is 4.78. The maximum absolute atomic E-state index is 11.8. The van der Waals surface area contributed by atoms with Crippen molar-refractivity contribution in [3.8, 4) is 0 Å². The van der Waals surface area contributed by atoms with Crippen LogP contribution in [0.4, 0.5) is 0 Å². The molecule has 0 aliphatic heterocycles. The molecular weight excluding hydrogens is 200 g/mol. The number of hydrogen-bond donors (Lipinski definition) is 1. The van der Waals surface area contributed by atoms with Gasteiger partial charge in [0.25, 0.3) is 0 Å². The Morgan fingerprint density at radius 3 is 2.44 bits per heavy atom. The third-order valence-electron chi connectivity index (χ3n) is 3.87. The number of carbonyl (C=O) groups excluding carboxylic acids is 1. The summed E-state index contributed by atoms with van der Waals surface area (Å²) in [5.74, 6) is 0.229. The molecule has 1 atom stereocenters. The van der Waals surface area contributed by atoms with E-state index in [1.807, 2.05) is 18.7 Å². The summed E-state index contributed by atoms with van der Waals surface area (Å²) >= 11 is 0. The first-order chi connectivity index (χ1) is 7.51. The van der Waals surface area contributed by atoms with Crippen LogP contribution in [0.5, 0.6) is 0 Å². The standard InChI is InChI=1S/C13H26N2O/c1-5-15(6-2)12(16)10-14-11-8-7-9-13(11,3)4/h11,14H,5-10H2,1-4H3. The van der Waals surface area contributed by atoms with Gasteiger partial charge in [0.1, 0.15) is 0 Å². The van der Waals surface area contributed by atoms with Gasteiger partial charge in [-0.15, -0.1) is 0 Å². The van der Waals surface area contributed by atoms with Gasteiger partial charge in [0.05, 0.1) is 6.54 Å². The predicted molar refractivity (Wildman–Crippen MR) is 67.4 cm³/mol. The summed E-state index contributed by atoms with van der Waals surface area (Å²) in [7, 11) is 0. The monoisotopic (exact) mass is 226 g/mol. The van der Waals surface area contributed by atoms with Crippen molar-refractivity contribution in [2.75, 3.05) is 19.6 Å². The molecule has 94 valence electrons. The van der Waals surface area contributed by atoms with Crippen LogP contribution >= 0.6 is 0 Å². The average Bonchev–Trinajstić information content (AvgIpc) is 2.56. The number of nitrogens with one attached hydrogen (secondary N) is 1. The SMILES string of the molecule is CCN(CC)C(=O)CNC1CCCC1(C)C. The van der Waals surface area contributed by atoms with E-state index in [9.17, 15) is 4.79 Å². The van der Waals surface area contributed by atoms with Crippen molar-refractivity contribution >= 4 is 5.91 Å². The fraction of sp³-hybridized carbons (Fsp3) is 0.923. The van der Waals surface area contributed by atoms with Crippen LogP contribution in [-0.4, -0.2) is 36.5 Å². The van der Waals surface area contributed by atoms with Gasteiger partial charge < -0.3 is 10.2 Å². The van der Waals surface area contributed by atoms with Gasteiger partial charge in [0, 0.05) is 19.1 Å². The summed E-state index contributed by atoms with van der Waals surface area (Å²) < 4.78 is 0. The van der Waals surface area contributed by atoms with E-state index in [1.54, 1.807) is 0 Å². The second-order valence-corrected chi connectivity index (χ2v) is 5.38. The molecule has 1 N–H and O–H groups in total. The highest BCUT2D eigenvalue weighted by Gasteiger charge is 2.34. The van der Waals surface area contributed by atoms with Crippen LogP contribution in [0.2, 0.25) is 0 Å². The van der Waals surface area contributed by atoms with E-state index < -0.39 is 0 Å². The Hall–Kier alpha value is -0.570. The molecule has 1 unspecified atom stereocenters. The summed E-state index contributed by atoms with van der Waals surface area (Å²) in [5, 5.41) is 3.43. The summed E-state index contributed by atoms with van der Waals surface area (Å²) in [6.45, 7) is 10.8. The molecule has 3 heteroatoms. The second-order valence-electron chi connectivity index (χ2n) is 5.38. The van der Waals surface area contributed by atoms with Crippen molar-refractivity contribution in [3.63, 3.8) is 0 Å². The maximum atomic E-state index is 11.8. The van der Waals surface area contributed by atoms with Gasteiger partial charge in [-0.1, -0.05) is 20.3 Å². The van der Waals surface area contributed by atoms with Crippen LogP contribution in [0.3, 0.4) is 0 Å². The molecule has 1 saturated carbocycles. The van der Waals surface area contributed by atoms with Crippen molar-refractivity contribution in [2.24, 2.45) is 5.41 Å². The summed E-state index contributed by atoms with van der Waals surface area (Å²) in [6, 6.07) is 0.506. The molecule has 0 heterocycles. The summed E-state index contributed by atoms with van der Waals surface area (Å²) in [6.07, 6.45) is 3.76. The van der Waals surface area contributed by atoms with Crippen LogP contribution < -0.4 is 5.32 Å². The number of hydrogen-bond acceptors (Lipinski definition) is 2. The van der Waals surface area contributed by atoms with Crippen molar-refractivity contribution in [2.45, 2.75) is 53.0 Å². The molecule has 0 aromatic rings. The topological polar surface area (TPSA) is 32.3 Å². The number of carbonyl (C=O) groups is 1. The first-order valence-electron chi connectivity index (χ1n) is 6.52. The smallest absolute Gasteiger partial charge is 0.236 e. The molecule has 1 fully saturated rings. The lowest BCUT2D eigenvalue weighted by Gasteiger charge is -2.29. The van der Waals surface area contributed by atoms with E-state index in [0.717, 1.165) is 13.1 Å². The van der Waals surface area contributed by atoms with Crippen LogP contribution in [0.1, 0.15) is 47.0 Å². The van der Waals surface area contributed by atoms with Gasteiger partial charge in [-0.05, 0) is 32.1 Å². The molecule has 3 nitrogen and oxygen atoms in total. The third-order valence-corrected chi connectivity index (χ3v) is 3.87. The Balaban J connectivity index is 2.37. The molecule has 0 radical (unpaired) electrons. The molecule has 0 spiro atoms. The quantitative estimate of drug-likeness (QED) is 0.778. The summed E-state index contributed by atoms with van der Waals surface area (Å²) in [5.41, 5.74) is 0.351.